The Morgan fingerprint density at radius 2 is 1.75 bits per heavy atom. The van der Waals surface area contributed by atoms with Crippen LogP contribution in [0.4, 0.5) is 0 Å². The number of benzene rings is 2. The minimum Gasteiger partial charge on any atom is -0.386 e. The molecule has 3 atom stereocenters. The maximum Gasteiger partial charge on any atom is 0.194 e. The Labute approximate surface area is 125 Å². The number of ether oxygens (including phenoxy) is 1. The van der Waals surface area contributed by atoms with Gasteiger partial charge in [0.15, 0.2) is 5.78 Å². The summed E-state index contributed by atoms with van der Waals surface area (Å²) in [4.78, 5) is 12.2. The van der Waals surface area contributed by atoms with Crippen LogP contribution in [0.3, 0.4) is 0 Å². The highest BCUT2D eigenvalue weighted by molar-refractivity contribution is 9.10. The minimum absolute atomic E-state index is 0.0857. The van der Waals surface area contributed by atoms with E-state index in [-0.39, 0.29) is 5.78 Å². The average molecular weight is 333 g/mol. The number of halogens is 1. The maximum absolute atomic E-state index is 12.2. The van der Waals surface area contributed by atoms with Crippen LogP contribution in [0.25, 0.3) is 0 Å². The van der Waals surface area contributed by atoms with Gasteiger partial charge in [-0.05, 0) is 17.7 Å². The summed E-state index contributed by atoms with van der Waals surface area (Å²) >= 11 is 3.33. The molecule has 4 heteroatoms. The third-order valence-corrected chi connectivity index (χ3v) is 3.89. The molecule has 1 saturated heterocycles. The highest BCUT2D eigenvalue weighted by Gasteiger charge is 2.49. The Morgan fingerprint density at radius 3 is 2.40 bits per heavy atom. The molecule has 0 spiro atoms. The van der Waals surface area contributed by atoms with Crippen LogP contribution in [0.2, 0.25) is 0 Å². The molecule has 0 aliphatic carbocycles. The van der Waals surface area contributed by atoms with Gasteiger partial charge in [-0.25, -0.2) is 0 Å². The van der Waals surface area contributed by atoms with Crippen LogP contribution in [0.5, 0.6) is 0 Å². The fraction of sp³-hybridized carbons (Fsp3) is 0.188. The van der Waals surface area contributed by atoms with Gasteiger partial charge in [-0.15, -0.1) is 0 Å². The van der Waals surface area contributed by atoms with Gasteiger partial charge >= 0.3 is 0 Å². The first-order chi connectivity index (χ1) is 9.66. The van der Waals surface area contributed by atoms with E-state index >= 15 is 0 Å². The monoisotopic (exact) mass is 332 g/mol. The van der Waals surface area contributed by atoms with Gasteiger partial charge in [0.2, 0.25) is 0 Å². The van der Waals surface area contributed by atoms with Gasteiger partial charge in [0.1, 0.15) is 18.3 Å². The van der Waals surface area contributed by atoms with Gasteiger partial charge in [0.25, 0.3) is 0 Å². The lowest BCUT2D eigenvalue weighted by atomic mass is 10.0. The molecular weight excluding hydrogens is 320 g/mol. The Hall–Kier alpha value is -1.49. The number of aliphatic hydroxyl groups excluding tert-OH is 1. The molecule has 3 rings (SSSR count). The van der Waals surface area contributed by atoms with Gasteiger partial charge in [-0.2, -0.15) is 0 Å². The summed E-state index contributed by atoms with van der Waals surface area (Å²) < 4.78 is 6.29. The van der Waals surface area contributed by atoms with Crippen molar-refractivity contribution in [2.75, 3.05) is 0 Å². The van der Waals surface area contributed by atoms with Crippen molar-refractivity contribution in [3.05, 3.63) is 70.2 Å². The summed E-state index contributed by atoms with van der Waals surface area (Å²) in [6, 6.07) is 16.4. The number of carbonyl (C=O) groups excluding carboxylic acids is 1. The van der Waals surface area contributed by atoms with E-state index < -0.39 is 18.3 Å². The number of hydrogen-bond donors (Lipinski definition) is 1. The van der Waals surface area contributed by atoms with E-state index in [1.165, 1.54) is 0 Å². The van der Waals surface area contributed by atoms with E-state index in [2.05, 4.69) is 15.9 Å². The number of carbonyl (C=O) groups is 1. The molecule has 1 fully saturated rings. The summed E-state index contributed by atoms with van der Waals surface area (Å²) in [5.74, 6) is -0.0857. The number of ketones is 1. The second-order valence-electron chi connectivity index (χ2n) is 4.75. The van der Waals surface area contributed by atoms with E-state index in [0.717, 1.165) is 10.0 Å². The lowest BCUT2D eigenvalue weighted by Gasteiger charge is -2.07. The Kier molecular flexibility index (Phi) is 3.70. The fourth-order valence-electron chi connectivity index (χ4n) is 2.19. The first kappa shape index (κ1) is 13.5. The predicted molar refractivity (Wildman–Crippen MR) is 78.5 cm³/mol. The molecular formula is C16H13BrO3. The quantitative estimate of drug-likeness (QED) is 0.691. The molecule has 2 aromatic carbocycles. The molecule has 3 nitrogen and oxygen atoms in total. The van der Waals surface area contributed by atoms with Crippen LogP contribution < -0.4 is 0 Å². The number of hydrogen-bond acceptors (Lipinski definition) is 3. The number of aliphatic hydroxyl groups is 1. The predicted octanol–water partition coefficient (Wildman–Crippen LogP) is 3.13. The van der Waals surface area contributed by atoms with Crippen LogP contribution in [-0.4, -0.2) is 23.1 Å². The zero-order chi connectivity index (χ0) is 14.1. The van der Waals surface area contributed by atoms with Crippen LogP contribution in [0.1, 0.15) is 22.0 Å². The molecule has 0 unspecified atom stereocenters. The molecule has 1 N–H and O–H groups in total. The van der Waals surface area contributed by atoms with Crippen molar-refractivity contribution in [1.82, 2.24) is 0 Å². The number of epoxide rings is 1. The lowest BCUT2D eigenvalue weighted by molar-refractivity contribution is 0.0953. The van der Waals surface area contributed by atoms with E-state index in [0.29, 0.717) is 5.56 Å². The largest absolute Gasteiger partial charge is 0.386 e. The van der Waals surface area contributed by atoms with Gasteiger partial charge < -0.3 is 9.84 Å². The number of Topliss-reactive ketones (excluding diaryl/α,β-unsaturated/α-hetero) is 1. The summed E-state index contributed by atoms with van der Waals surface area (Å²) in [5.41, 5.74) is 1.37. The third-order valence-electron chi connectivity index (χ3n) is 3.36. The molecule has 20 heavy (non-hydrogen) atoms. The summed E-state index contributed by atoms with van der Waals surface area (Å²) in [5, 5.41) is 10.2. The first-order valence-corrected chi connectivity index (χ1v) is 7.14. The molecule has 0 radical (unpaired) electrons. The SMILES string of the molecule is O=C(c1ccc(Br)cc1)[C@@H]1O[C@H]1[C@H](O)c1ccccc1. The standard InChI is InChI=1S/C16H13BrO3/c17-12-8-6-11(7-9-12)14(19)16-15(20-16)13(18)10-4-2-1-3-5-10/h1-9,13,15-16,18H/t13-,15+,16+/m1/s1. The van der Waals surface area contributed by atoms with Crippen LogP contribution in [-0.2, 0) is 4.74 Å². The van der Waals surface area contributed by atoms with Gasteiger partial charge in [-0.1, -0.05) is 58.4 Å². The van der Waals surface area contributed by atoms with Crippen molar-refractivity contribution < 1.29 is 14.6 Å². The second kappa shape index (κ2) is 5.48. The third kappa shape index (κ3) is 2.68. The molecule has 102 valence electrons. The van der Waals surface area contributed by atoms with E-state index in [9.17, 15) is 9.90 Å². The van der Waals surface area contributed by atoms with Gasteiger partial charge in [0.05, 0.1) is 0 Å². The normalized spacial score (nSPS) is 22.3. The molecule has 0 aromatic heterocycles. The lowest BCUT2D eigenvalue weighted by Crippen LogP contribution is -2.15. The van der Waals surface area contributed by atoms with Crippen molar-refractivity contribution in [3.8, 4) is 0 Å². The van der Waals surface area contributed by atoms with E-state index in [1.54, 1.807) is 12.1 Å². The van der Waals surface area contributed by atoms with Gasteiger partial charge in [0, 0.05) is 10.0 Å². The maximum atomic E-state index is 12.2. The summed E-state index contributed by atoms with van der Waals surface area (Å²) in [6.45, 7) is 0. The Bertz CT molecular complexity index is 609. The minimum atomic E-state index is -0.763. The van der Waals surface area contributed by atoms with Crippen LogP contribution >= 0.6 is 15.9 Å². The van der Waals surface area contributed by atoms with Crippen molar-refractivity contribution in [1.29, 1.82) is 0 Å². The van der Waals surface area contributed by atoms with E-state index in [4.69, 9.17) is 4.74 Å². The van der Waals surface area contributed by atoms with E-state index in [1.807, 2.05) is 42.5 Å². The van der Waals surface area contributed by atoms with Crippen molar-refractivity contribution in [2.45, 2.75) is 18.3 Å². The topological polar surface area (TPSA) is 49.8 Å². The van der Waals surface area contributed by atoms with Crippen molar-refractivity contribution >= 4 is 21.7 Å². The van der Waals surface area contributed by atoms with Crippen LogP contribution in [0, 0.1) is 0 Å². The molecule has 0 saturated carbocycles. The zero-order valence-corrected chi connectivity index (χ0v) is 12.2. The molecule has 0 amide bonds. The molecule has 1 heterocycles. The second-order valence-corrected chi connectivity index (χ2v) is 5.66. The fourth-order valence-corrected chi connectivity index (χ4v) is 2.46. The summed E-state index contributed by atoms with van der Waals surface area (Å²) in [6.07, 6.45) is -1.76. The van der Waals surface area contributed by atoms with Crippen molar-refractivity contribution in [2.24, 2.45) is 0 Å². The van der Waals surface area contributed by atoms with Crippen molar-refractivity contribution in [3.63, 3.8) is 0 Å². The number of rotatable bonds is 4. The highest BCUT2D eigenvalue weighted by atomic mass is 79.9. The molecule has 1 aliphatic heterocycles. The molecule has 2 aromatic rings. The zero-order valence-electron chi connectivity index (χ0n) is 10.6. The Balaban J connectivity index is 1.70. The summed E-state index contributed by atoms with van der Waals surface area (Å²) in [7, 11) is 0. The average Bonchev–Trinajstić information content (AvgIpc) is 3.28. The molecule has 1 aliphatic rings. The molecule has 0 bridgehead atoms. The Morgan fingerprint density at radius 1 is 1.10 bits per heavy atom. The first-order valence-electron chi connectivity index (χ1n) is 6.35. The smallest absolute Gasteiger partial charge is 0.194 e. The van der Waals surface area contributed by atoms with Crippen LogP contribution in [0.15, 0.2) is 59.1 Å². The van der Waals surface area contributed by atoms with Gasteiger partial charge in [-0.3, -0.25) is 4.79 Å². The highest BCUT2D eigenvalue weighted by Crippen LogP contribution is 2.36.